The summed E-state index contributed by atoms with van der Waals surface area (Å²) in [6, 6.07) is 3.89. The summed E-state index contributed by atoms with van der Waals surface area (Å²) in [6.07, 6.45) is 4.85. The van der Waals surface area contributed by atoms with Gasteiger partial charge in [0.2, 0.25) is 5.91 Å². The van der Waals surface area contributed by atoms with E-state index in [-0.39, 0.29) is 11.9 Å². The van der Waals surface area contributed by atoms with Crippen LogP contribution in [0, 0.1) is 4.77 Å². The summed E-state index contributed by atoms with van der Waals surface area (Å²) in [5, 5.41) is 9.99. The number of pyridine rings is 1. The van der Waals surface area contributed by atoms with Crippen molar-refractivity contribution >= 4 is 18.1 Å². The van der Waals surface area contributed by atoms with Gasteiger partial charge in [-0.15, -0.1) is 0 Å². The second-order valence-electron chi connectivity index (χ2n) is 4.50. The number of rotatable bonds is 3. The number of hydrogen-bond donors (Lipinski definition) is 2. The average molecular weight is 275 g/mol. The Morgan fingerprint density at radius 1 is 1.42 bits per heavy atom. The number of hydrogen-bond acceptors (Lipinski definition) is 4. The van der Waals surface area contributed by atoms with Crippen molar-refractivity contribution in [2.45, 2.75) is 25.4 Å². The number of amides is 1. The zero-order chi connectivity index (χ0) is 13.2. The van der Waals surface area contributed by atoms with Crippen molar-refractivity contribution in [2.75, 3.05) is 0 Å². The summed E-state index contributed by atoms with van der Waals surface area (Å²) >= 11 is 5.25. The predicted octanol–water partition coefficient (Wildman–Crippen LogP) is 1.28. The van der Waals surface area contributed by atoms with Crippen LogP contribution >= 0.6 is 12.2 Å². The second kappa shape index (κ2) is 4.93. The van der Waals surface area contributed by atoms with Gasteiger partial charge in [0.1, 0.15) is 0 Å². The summed E-state index contributed by atoms with van der Waals surface area (Å²) < 4.78 is 2.48. The van der Waals surface area contributed by atoms with Crippen molar-refractivity contribution in [1.29, 1.82) is 0 Å². The summed E-state index contributed by atoms with van der Waals surface area (Å²) in [5.74, 6) is 0.874. The van der Waals surface area contributed by atoms with Gasteiger partial charge in [0.05, 0.1) is 0 Å². The Balaban J connectivity index is 1.91. The molecule has 0 saturated carbocycles. The number of carbonyl (C=O) groups excluding carboxylic acids is 1. The Bertz CT molecular complexity index is 648. The molecule has 1 unspecified atom stereocenters. The zero-order valence-corrected chi connectivity index (χ0v) is 11.0. The lowest BCUT2D eigenvalue weighted by Gasteiger charge is -2.12. The van der Waals surface area contributed by atoms with Gasteiger partial charge in [0.15, 0.2) is 10.6 Å². The molecule has 1 saturated heterocycles. The first kappa shape index (κ1) is 12.0. The Kier molecular flexibility index (Phi) is 3.12. The molecule has 0 radical (unpaired) electrons. The van der Waals surface area contributed by atoms with Crippen molar-refractivity contribution in [3.63, 3.8) is 0 Å². The lowest BCUT2D eigenvalue weighted by molar-refractivity contribution is -0.119. The second-order valence-corrected chi connectivity index (χ2v) is 4.89. The fourth-order valence-corrected chi connectivity index (χ4v) is 2.45. The first-order valence-electron chi connectivity index (χ1n) is 6.09. The van der Waals surface area contributed by atoms with E-state index < -0.39 is 0 Å². The van der Waals surface area contributed by atoms with Crippen LogP contribution in [-0.2, 0) is 11.3 Å². The van der Waals surface area contributed by atoms with E-state index in [0.717, 1.165) is 17.8 Å². The monoisotopic (exact) mass is 275 g/mol. The molecule has 0 aromatic carbocycles. The lowest BCUT2D eigenvalue weighted by atomic mass is 10.2. The summed E-state index contributed by atoms with van der Waals surface area (Å²) in [6.45, 7) is 0.638. The molecule has 2 aromatic heterocycles. The largest absolute Gasteiger partial charge is 0.352 e. The number of aromatic amines is 1. The molecule has 0 spiro atoms. The molecule has 3 rings (SSSR count). The van der Waals surface area contributed by atoms with Crippen LogP contribution < -0.4 is 5.32 Å². The number of nitrogens with one attached hydrogen (secondary N) is 2. The maximum atomic E-state index is 11.2. The van der Waals surface area contributed by atoms with Gasteiger partial charge in [0.25, 0.3) is 0 Å². The van der Waals surface area contributed by atoms with Gasteiger partial charge in [0, 0.05) is 37.0 Å². The Morgan fingerprint density at radius 2 is 2.21 bits per heavy atom. The molecule has 1 atom stereocenters. The molecule has 2 N–H and O–H groups in total. The fourth-order valence-electron chi connectivity index (χ4n) is 2.24. The maximum absolute atomic E-state index is 11.2. The predicted molar refractivity (Wildman–Crippen MR) is 71.8 cm³/mol. The number of H-pyrrole nitrogens is 1. The van der Waals surface area contributed by atoms with E-state index in [1.165, 1.54) is 0 Å². The molecule has 19 heavy (non-hydrogen) atoms. The van der Waals surface area contributed by atoms with Crippen molar-refractivity contribution in [3.8, 4) is 11.4 Å². The summed E-state index contributed by atoms with van der Waals surface area (Å²) in [4.78, 5) is 15.2. The molecule has 1 aliphatic heterocycles. The van der Waals surface area contributed by atoms with Crippen LogP contribution in [0.25, 0.3) is 11.4 Å². The van der Waals surface area contributed by atoms with E-state index >= 15 is 0 Å². The van der Waals surface area contributed by atoms with Crippen LogP contribution in [-0.4, -0.2) is 31.7 Å². The Morgan fingerprint density at radius 3 is 2.89 bits per heavy atom. The highest BCUT2D eigenvalue weighted by Gasteiger charge is 2.22. The van der Waals surface area contributed by atoms with Crippen molar-refractivity contribution in [2.24, 2.45) is 0 Å². The van der Waals surface area contributed by atoms with E-state index in [1.807, 2.05) is 16.7 Å². The number of aromatic nitrogens is 4. The van der Waals surface area contributed by atoms with Crippen LogP contribution in [0.3, 0.4) is 0 Å². The smallest absolute Gasteiger partial charge is 0.220 e. The van der Waals surface area contributed by atoms with Gasteiger partial charge in [-0.25, -0.2) is 0 Å². The lowest BCUT2D eigenvalue weighted by Crippen LogP contribution is -2.29. The van der Waals surface area contributed by atoms with E-state index in [2.05, 4.69) is 20.5 Å². The fraction of sp³-hybridized carbons (Fsp3) is 0.333. The van der Waals surface area contributed by atoms with Crippen molar-refractivity contribution in [3.05, 3.63) is 29.3 Å². The third kappa shape index (κ3) is 2.41. The SMILES string of the molecule is O=C1CCC(Cn2c(-c3ccncc3)n[nH]c2=S)N1. The summed E-state index contributed by atoms with van der Waals surface area (Å²) in [7, 11) is 0. The minimum atomic E-state index is 0.102. The minimum Gasteiger partial charge on any atom is -0.352 e. The number of carbonyl (C=O) groups is 1. The molecule has 3 heterocycles. The topological polar surface area (TPSA) is 75.6 Å². The van der Waals surface area contributed by atoms with Crippen LogP contribution in [0.2, 0.25) is 0 Å². The molecule has 1 aliphatic rings. The average Bonchev–Trinajstić information content (AvgIpc) is 2.99. The molecule has 7 heteroatoms. The van der Waals surface area contributed by atoms with Gasteiger partial charge in [-0.05, 0) is 30.8 Å². The molecular formula is C12H13N5OS. The maximum Gasteiger partial charge on any atom is 0.220 e. The molecule has 1 amide bonds. The summed E-state index contributed by atoms with van der Waals surface area (Å²) in [5.41, 5.74) is 0.951. The highest BCUT2D eigenvalue weighted by Crippen LogP contribution is 2.18. The quantitative estimate of drug-likeness (QED) is 0.827. The van der Waals surface area contributed by atoms with Crippen LogP contribution in [0.5, 0.6) is 0 Å². The van der Waals surface area contributed by atoms with Gasteiger partial charge < -0.3 is 5.32 Å². The molecule has 0 aliphatic carbocycles. The Labute approximate surface area is 114 Å². The number of nitrogens with zero attached hydrogens (tertiary/aromatic N) is 3. The molecule has 0 bridgehead atoms. The van der Waals surface area contributed by atoms with Crippen LogP contribution in [0.15, 0.2) is 24.5 Å². The van der Waals surface area contributed by atoms with E-state index in [1.54, 1.807) is 12.4 Å². The van der Waals surface area contributed by atoms with Crippen molar-refractivity contribution < 1.29 is 4.79 Å². The Hall–Kier alpha value is -2.02. The van der Waals surface area contributed by atoms with Gasteiger partial charge in [-0.1, -0.05) is 0 Å². The standard InChI is InChI=1S/C12H13N5OS/c18-10-2-1-9(14-10)7-17-11(15-16-12(17)19)8-3-5-13-6-4-8/h3-6,9H,1-2,7H2,(H,14,18)(H,16,19). The molecule has 2 aromatic rings. The highest BCUT2D eigenvalue weighted by molar-refractivity contribution is 7.71. The molecule has 1 fully saturated rings. The molecule has 98 valence electrons. The molecular weight excluding hydrogens is 262 g/mol. The third-order valence-electron chi connectivity index (χ3n) is 3.18. The van der Waals surface area contributed by atoms with E-state index in [0.29, 0.717) is 17.7 Å². The van der Waals surface area contributed by atoms with Gasteiger partial charge in [-0.3, -0.25) is 19.4 Å². The normalized spacial score (nSPS) is 18.5. The van der Waals surface area contributed by atoms with Crippen LogP contribution in [0.1, 0.15) is 12.8 Å². The molecule has 6 nitrogen and oxygen atoms in total. The van der Waals surface area contributed by atoms with Gasteiger partial charge >= 0.3 is 0 Å². The van der Waals surface area contributed by atoms with E-state index in [4.69, 9.17) is 12.2 Å². The first-order valence-corrected chi connectivity index (χ1v) is 6.50. The third-order valence-corrected chi connectivity index (χ3v) is 3.50. The van der Waals surface area contributed by atoms with E-state index in [9.17, 15) is 4.79 Å². The highest BCUT2D eigenvalue weighted by atomic mass is 32.1. The minimum absolute atomic E-state index is 0.102. The first-order chi connectivity index (χ1) is 9.24. The van der Waals surface area contributed by atoms with Gasteiger partial charge in [-0.2, -0.15) is 5.10 Å². The van der Waals surface area contributed by atoms with Crippen molar-refractivity contribution in [1.82, 2.24) is 25.1 Å². The zero-order valence-electron chi connectivity index (χ0n) is 10.2. The van der Waals surface area contributed by atoms with Crippen LogP contribution in [0.4, 0.5) is 0 Å².